The third-order valence-corrected chi connectivity index (χ3v) is 2.64. The van der Waals surface area contributed by atoms with E-state index in [0.717, 1.165) is 0 Å². The number of hydrogen-bond donors (Lipinski definition) is 6. The maximum atomic E-state index is 10.2. The molecule has 8 nitrogen and oxygen atoms in total. The molecule has 0 saturated carbocycles. The molecule has 0 bridgehead atoms. The van der Waals surface area contributed by atoms with E-state index in [2.05, 4.69) is 11.8 Å². The lowest BCUT2D eigenvalue weighted by Crippen LogP contribution is -2.32. The zero-order chi connectivity index (χ0) is 17.7. The lowest BCUT2D eigenvalue weighted by molar-refractivity contribution is -0.139. The lowest BCUT2D eigenvalue weighted by Gasteiger charge is -2.06. The Balaban J connectivity index is 0. The number of nitrogens with two attached hydrogens (primary N) is 4. The van der Waals surface area contributed by atoms with Crippen molar-refractivity contribution in [2.24, 2.45) is 22.9 Å². The number of carbonyl (C=O) groups is 2. The third-order valence-electron chi connectivity index (χ3n) is 2.64. The molecule has 0 heterocycles. The van der Waals surface area contributed by atoms with Gasteiger partial charge in [-0.15, -0.1) is 12.8 Å². The van der Waals surface area contributed by atoms with Crippen LogP contribution in [-0.4, -0.2) is 46.3 Å². The summed E-state index contributed by atoms with van der Waals surface area (Å²) in [6.07, 6.45) is 11.5. The standard InChI is InChI=1S/2C7H12N2O2/c2*1-2-5(8)3-4-6(9)7(10)11/h2*1,5-6H,3-4,8-9H2,(H,10,11)/t5?,6-;/m0./s1. The fraction of sp³-hybridized carbons (Fsp3) is 0.571. The summed E-state index contributed by atoms with van der Waals surface area (Å²) in [6.45, 7) is 0. The van der Waals surface area contributed by atoms with Crippen LogP contribution in [0, 0.1) is 24.7 Å². The second kappa shape index (κ2) is 12.6. The van der Waals surface area contributed by atoms with Crippen LogP contribution in [0.1, 0.15) is 25.7 Å². The molecule has 0 fully saturated rings. The molecular weight excluding hydrogens is 288 g/mol. The predicted molar refractivity (Wildman–Crippen MR) is 83.3 cm³/mol. The van der Waals surface area contributed by atoms with Crippen LogP contribution < -0.4 is 22.9 Å². The topological polar surface area (TPSA) is 179 Å². The molecule has 22 heavy (non-hydrogen) atoms. The van der Waals surface area contributed by atoms with Crippen LogP contribution in [-0.2, 0) is 9.59 Å². The quantitative estimate of drug-likeness (QED) is 0.286. The maximum absolute atomic E-state index is 10.2. The number of hydrogen-bond acceptors (Lipinski definition) is 6. The van der Waals surface area contributed by atoms with Crippen molar-refractivity contribution in [1.82, 2.24) is 0 Å². The molecule has 0 aromatic heterocycles. The normalized spacial score (nSPS) is 15.0. The van der Waals surface area contributed by atoms with Crippen molar-refractivity contribution in [2.45, 2.75) is 49.9 Å². The van der Waals surface area contributed by atoms with Crippen LogP contribution in [0.2, 0.25) is 0 Å². The fourth-order valence-electron chi connectivity index (χ4n) is 1.13. The minimum atomic E-state index is -1.02. The van der Waals surface area contributed by atoms with Gasteiger partial charge in [-0.25, -0.2) is 0 Å². The van der Waals surface area contributed by atoms with Crippen LogP contribution >= 0.6 is 0 Å². The van der Waals surface area contributed by atoms with Gasteiger partial charge in [0.1, 0.15) is 12.1 Å². The minimum Gasteiger partial charge on any atom is -0.480 e. The molecule has 8 heteroatoms. The van der Waals surface area contributed by atoms with Crippen molar-refractivity contribution in [2.75, 3.05) is 0 Å². The van der Waals surface area contributed by atoms with Crippen molar-refractivity contribution >= 4 is 11.9 Å². The molecule has 0 amide bonds. The summed E-state index contributed by atoms with van der Waals surface area (Å²) in [6, 6.07) is -2.48. The number of rotatable bonds is 8. The Labute approximate surface area is 130 Å². The average molecular weight is 312 g/mol. The Bertz CT molecular complexity index is 388. The van der Waals surface area contributed by atoms with Gasteiger partial charge in [-0.05, 0) is 25.7 Å². The zero-order valence-corrected chi connectivity index (χ0v) is 12.3. The molecule has 0 saturated heterocycles. The van der Waals surface area contributed by atoms with Gasteiger partial charge < -0.3 is 33.1 Å². The largest absolute Gasteiger partial charge is 0.480 e. The van der Waals surface area contributed by atoms with Crippen LogP contribution in [0.3, 0.4) is 0 Å². The molecule has 124 valence electrons. The Morgan fingerprint density at radius 2 is 1.05 bits per heavy atom. The van der Waals surface area contributed by atoms with E-state index < -0.39 is 24.0 Å². The predicted octanol–water partition coefficient (Wildman–Crippen LogP) is -1.72. The highest BCUT2D eigenvalue weighted by Crippen LogP contribution is 1.97. The van der Waals surface area contributed by atoms with Crippen molar-refractivity contribution in [3.8, 4) is 24.7 Å². The first-order chi connectivity index (χ1) is 10.1. The summed E-state index contributed by atoms with van der Waals surface area (Å²) >= 11 is 0. The first-order valence-corrected chi connectivity index (χ1v) is 6.55. The maximum Gasteiger partial charge on any atom is 0.320 e. The number of terminal acetylenes is 2. The van der Waals surface area contributed by atoms with Crippen LogP contribution in [0.25, 0.3) is 0 Å². The molecule has 0 rings (SSSR count). The molecule has 0 radical (unpaired) electrons. The summed E-state index contributed by atoms with van der Waals surface area (Å²) < 4.78 is 0. The van der Waals surface area contributed by atoms with Crippen LogP contribution in [0.5, 0.6) is 0 Å². The Hall–Kier alpha value is -2.10. The third kappa shape index (κ3) is 12.9. The van der Waals surface area contributed by atoms with Gasteiger partial charge in [-0.3, -0.25) is 9.59 Å². The number of aliphatic carboxylic acids is 2. The highest BCUT2D eigenvalue weighted by atomic mass is 16.4. The summed E-state index contributed by atoms with van der Waals surface area (Å²) in [5.74, 6) is 2.54. The first kappa shape index (κ1) is 22.2. The van der Waals surface area contributed by atoms with Gasteiger partial charge in [0.15, 0.2) is 0 Å². The van der Waals surface area contributed by atoms with E-state index in [1.165, 1.54) is 0 Å². The lowest BCUT2D eigenvalue weighted by atomic mass is 10.1. The Morgan fingerprint density at radius 3 is 1.23 bits per heavy atom. The summed E-state index contributed by atoms with van der Waals surface area (Å²) in [5.41, 5.74) is 21.1. The van der Waals surface area contributed by atoms with E-state index in [4.69, 9.17) is 46.0 Å². The van der Waals surface area contributed by atoms with E-state index in [0.29, 0.717) is 25.7 Å². The minimum absolute atomic E-state index is 0.320. The molecule has 0 aromatic carbocycles. The second-order valence-electron chi connectivity index (χ2n) is 4.59. The van der Waals surface area contributed by atoms with Gasteiger partial charge in [0.2, 0.25) is 0 Å². The van der Waals surface area contributed by atoms with E-state index in [9.17, 15) is 9.59 Å². The van der Waals surface area contributed by atoms with E-state index >= 15 is 0 Å². The Morgan fingerprint density at radius 1 is 0.773 bits per heavy atom. The fourth-order valence-corrected chi connectivity index (χ4v) is 1.13. The van der Waals surface area contributed by atoms with E-state index in [1.807, 2.05) is 0 Å². The molecule has 10 N–H and O–H groups in total. The van der Waals surface area contributed by atoms with Crippen molar-refractivity contribution in [1.29, 1.82) is 0 Å². The summed E-state index contributed by atoms with van der Waals surface area (Å²) in [4.78, 5) is 20.4. The molecular formula is C14H24N4O4. The molecule has 0 aliphatic heterocycles. The van der Waals surface area contributed by atoms with E-state index in [-0.39, 0.29) is 12.1 Å². The van der Waals surface area contributed by atoms with Gasteiger partial charge in [-0.1, -0.05) is 11.8 Å². The second-order valence-corrected chi connectivity index (χ2v) is 4.59. The zero-order valence-electron chi connectivity index (χ0n) is 12.3. The average Bonchev–Trinajstić information content (AvgIpc) is 2.49. The SMILES string of the molecule is C#CC(N)CCC(N)C(=O)O.C#CC(N)CC[C@H](N)C(=O)O. The highest BCUT2D eigenvalue weighted by Gasteiger charge is 2.12. The van der Waals surface area contributed by atoms with E-state index in [1.54, 1.807) is 0 Å². The van der Waals surface area contributed by atoms with Crippen molar-refractivity contribution in [3.63, 3.8) is 0 Å². The monoisotopic (exact) mass is 312 g/mol. The smallest absolute Gasteiger partial charge is 0.320 e. The van der Waals surface area contributed by atoms with Crippen molar-refractivity contribution in [3.05, 3.63) is 0 Å². The van der Waals surface area contributed by atoms with Crippen LogP contribution in [0.15, 0.2) is 0 Å². The van der Waals surface area contributed by atoms with Gasteiger partial charge in [-0.2, -0.15) is 0 Å². The van der Waals surface area contributed by atoms with Gasteiger partial charge in [0.05, 0.1) is 12.1 Å². The van der Waals surface area contributed by atoms with Gasteiger partial charge in [0, 0.05) is 0 Å². The molecule has 0 aliphatic carbocycles. The first-order valence-electron chi connectivity index (χ1n) is 6.55. The van der Waals surface area contributed by atoms with Gasteiger partial charge >= 0.3 is 11.9 Å². The molecule has 4 atom stereocenters. The molecule has 0 aliphatic rings. The Kier molecular flexibility index (Phi) is 12.7. The molecule has 0 aromatic rings. The van der Waals surface area contributed by atoms with Crippen LogP contribution in [0.4, 0.5) is 0 Å². The summed E-state index contributed by atoms with van der Waals surface area (Å²) in [5, 5.41) is 16.7. The molecule has 3 unspecified atom stereocenters. The number of carboxylic acid groups (broad SMARTS) is 2. The number of carboxylic acids is 2. The highest BCUT2D eigenvalue weighted by molar-refractivity contribution is 5.73. The summed E-state index contributed by atoms with van der Waals surface area (Å²) in [7, 11) is 0. The van der Waals surface area contributed by atoms with Crippen molar-refractivity contribution < 1.29 is 19.8 Å². The van der Waals surface area contributed by atoms with Gasteiger partial charge in [0.25, 0.3) is 0 Å². The molecule has 0 spiro atoms.